The maximum absolute atomic E-state index is 13.1. The van der Waals surface area contributed by atoms with Crippen molar-refractivity contribution in [2.24, 2.45) is 5.14 Å². The number of sulfonamides is 1. The molecule has 5 nitrogen and oxygen atoms in total. The summed E-state index contributed by atoms with van der Waals surface area (Å²) in [6, 6.07) is 6.48. The van der Waals surface area contributed by atoms with Crippen LogP contribution in [-0.4, -0.2) is 14.3 Å². The standard InChI is InChI=1S/C15H14ClFN2O3S/c1-8-5-10(6-14(9(8)2)23(18,21)22)15(20)19-11-3-4-13(17)12(16)7-11/h3-7H,1-2H3,(H,19,20)(H2,18,21,22). The molecule has 0 aromatic heterocycles. The molecule has 0 saturated carbocycles. The molecule has 3 N–H and O–H groups in total. The lowest BCUT2D eigenvalue weighted by Crippen LogP contribution is -2.18. The van der Waals surface area contributed by atoms with E-state index in [1.165, 1.54) is 18.2 Å². The molecule has 2 aromatic carbocycles. The summed E-state index contributed by atoms with van der Waals surface area (Å²) in [6.07, 6.45) is 0. The predicted octanol–water partition coefficient (Wildman–Crippen LogP) is 3.00. The van der Waals surface area contributed by atoms with Crippen molar-refractivity contribution in [1.29, 1.82) is 0 Å². The van der Waals surface area contributed by atoms with Crippen LogP contribution in [0.2, 0.25) is 5.02 Å². The number of aryl methyl sites for hydroxylation is 1. The van der Waals surface area contributed by atoms with Gasteiger partial charge in [0.05, 0.1) is 9.92 Å². The van der Waals surface area contributed by atoms with Crippen molar-refractivity contribution in [1.82, 2.24) is 0 Å². The van der Waals surface area contributed by atoms with Gasteiger partial charge in [-0.2, -0.15) is 0 Å². The van der Waals surface area contributed by atoms with E-state index < -0.39 is 21.7 Å². The van der Waals surface area contributed by atoms with Crippen molar-refractivity contribution in [2.45, 2.75) is 18.7 Å². The lowest BCUT2D eigenvalue weighted by Gasteiger charge is -2.11. The Morgan fingerprint density at radius 3 is 2.43 bits per heavy atom. The van der Waals surface area contributed by atoms with Crippen LogP contribution in [0.3, 0.4) is 0 Å². The average Bonchev–Trinajstić information content (AvgIpc) is 2.44. The highest BCUT2D eigenvalue weighted by atomic mass is 35.5. The second-order valence-electron chi connectivity index (χ2n) is 5.04. The number of rotatable bonds is 3. The highest BCUT2D eigenvalue weighted by molar-refractivity contribution is 7.89. The van der Waals surface area contributed by atoms with Gasteiger partial charge in [0, 0.05) is 11.3 Å². The number of nitrogens with one attached hydrogen (secondary N) is 1. The number of hydrogen-bond acceptors (Lipinski definition) is 3. The molecular weight excluding hydrogens is 343 g/mol. The molecule has 0 heterocycles. The van der Waals surface area contributed by atoms with Crippen LogP contribution in [0.25, 0.3) is 0 Å². The summed E-state index contributed by atoms with van der Waals surface area (Å²) in [5.41, 5.74) is 1.50. The topological polar surface area (TPSA) is 89.3 Å². The number of halogens is 2. The normalized spacial score (nSPS) is 11.3. The minimum atomic E-state index is -3.95. The Morgan fingerprint density at radius 1 is 1.22 bits per heavy atom. The summed E-state index contributed by atoms with van der Waals surface area (Å²) in [5.74, 6) is -1.16. The highest BCUT2D eigenvalue weighted by Gasteiger charge is 2.17. The van der Waals surface area contributed by atoms with Gasteiger partial charge in [-0.3, -0.25) is 4.79 Å². The van der Waals surface area contributed by atoms with Gasteiger partial charge in [-0.15, -0.1) is 0 Å². The summed E-state index contributed by atoms with van der Waals surface area (Å²) >= 11 is 5.65. The summed E-state index contributed by atoms with van der Waals surface area (Å²) < 4.78 is 36.3. The van der Waals surface area contributed by atoms with Gasteiger partial charge in [0.2, 0.25) is 10.0 Å². The van der Waals surface area contributed by atoms with E-state index in [2.05, 4.69) is 5.32 Å². The predicted molar refractivity (Wildman–Crippen MR) is 86.7 cm³/mol. The molecule has 122 valence electrons. The third kappa shape index (κ3) is 3.87. The quantitative estimate of drug-likeness (QED) is 0.885. The third-order valence-corrected chi connectivity index (χ3v) is 4.69. The van der Waals surface area contributed by atoms with E-state index >= 15 is 0 Å². The van der Waals surface area contributed by atoms with E-state index in [0.29, 0.717) is 11.1 Å². The van der Waals surface area contributed by atoms with Gasteiger partial charge in [-0.1, -0.05) is 11.6 Å². The first-order valence-corrected chi connectivity index (χ1v) is 8.42. The monoisotopic (exact) mass is 356 g/mol. The fourth-order valence-corrected chi connectivity index (χ4v) is 3.09. The van der Waals surface area contributed by atoms with Gasteiger partial charge >= 0.3 is 0 Å². The Hall–Kier alpha value is -1.96. The maximum atomic E-state index is 13.1. The van der Waals surface area contributed by atoms with Crippen LogP contribution in [0.4, 0.5) is 10.1 Å². The SMILES string of the molecule is Cc1cc(C(=O)Nc2ccc(F)c(Cl)c2)cc(S(N)(=O)=O)c1C. The molecule has 23 heavy (non-hydrogen) atoms. The Labute approximate surface area is 138 Å². The summed E-state index contributed by atoms with van der Waals surface area (Å²) in [7, 11) is -3.95. The first kappa shape index (κ1) is 17.4. The Bertz CT molecular complexity index is 898. The van der Waals surface area contributed by atoms with Crippen molar-refractivity contribution in [2.75, 3.05) is 5.32 Å². The van der Waals surface area contributed by atoms with Crippen molar-refractivity contribution < 1.29 is 17.6 Å². The molecule has 0 unspecified atom stereocenters. The number of hydrogen-bond donors (Lipinski definition) is 2. The van der Waals surface area contributed by atoms with Crippen LogP contribution in [0, 0.1) is 19.7 Å². The molecule has 0 fully saturated rings. The number of carbonyl (C=O) groups excluding carboxylic acids is 1. The number of amides is 1. The average molecular weight is 357 g/mol. The van der Waals surface area contributed by atoms with Crippen LogP contribution in [0.15, 0.2) is 35.2 Å². The van der Waals surface area contributed by atoms with Crippen LogP contribution < -0.4 is 10.5 Å². The molecule has 0 radical (unpaired) electrons. The molecule has 0 atom stereocenters. The van der Waals surface area contributed by atoms with E-state index in [1.807, 2.05) is 0 Å². The molecule has 1 amide bonds. The second-order valence-corrected chi connectivity index (χ2v) is 6.98. The minimum Gasteiger partial charge on any atom is -0.322 e. The highest BCUT2D eigenvalue weighted by Crippen LogP contribution is 2.23. The van der Waals surface area contributed by atoms with Crippen LogP contribution in [0.1, 0.15) is 21.5 Å². The van der Waals surface area contributed by atoms with Crippen LogP contribution in [0.5, 0.6) is 0 Å². The second kappa shape index (κ2) is 6.27. The summed E-state index contributed by atoms with van der Waals surface area (Å²) in [4.78, 5) is 12.2. The van der Waals surface area contributed by atoms with E-state index in [1.54, 1.807) is 19.9 Å². The molecule has 2 rings (SSSR count). The van der Waals surface area contributed by atoms with Gasteiger partial charge in [0.25, 0.3) is 5.91 Å². The van der Waals surface area contributed by atoms with Crippen molar-refractivity contribution in [3.63, 3.8) is 0 Å². The first-order chi connectivity index (χ1) is 10.6. The van der Waals surface area contributed by atoms with E-state index in [-0.39, 0.29) is 21.2 Å². The fraction of sp³-hybridized carbons (Fsp3) is 0.133. The van der Waals surface area contributed by atoms with Gasteiger partial charge in [-0.05, 0) is 55.3 Å². The number of benzene rings is 2. The number of nitrogens with two attached hydrogens (primary N) is 1. The van der Waals surface area contributed by atoms with Gasteiger partial charge in [0.1, 0.15) is 5.82 Å². The van der Waals surface area contributed by atoms with Crippen LogP contribution in [-0.2, 0) is 10.0 Å². The number of carbonyl (C=O) groups is 1. The summed E-state index contributed by atoms with van der Waals surface area (Å²) in [5, 5.41) is 7.56. The molecule has 0 aliphatic heterocycles. The third-order valence-electron chi connectivity index (χ3n) is 3.37. The zero-order valence-corrected chi connectivity index (χ0v) is 13.9. The zero-order valence-electron chi connectivity index (χ0n) is 12.4. The first-order valence-electron chi connectivity index (χ1n) is 6.50. The fourth-order valence-electron chi connectivity index (χ4n) is 2.03. The smallest absolute Gasteiger partial charge is 0.255 e. The van der Waals surface area contributed by atoms with Crippen molar-refractivity contribution >= 4 is 33.2 Å². The van der Waals surface area contributed by atoms with Crippen LogP contribution >= 0.6 is 11.6 Å². The molecule has 8 heteroatoms. The van der Waals surface area contributed by atoms with Crippen molar-refractivity contribution in [3.8, 4) is 0 Å². The summed E-state index contributed by atoms with van der Waals surface area (Å²) in [6.45, 7) is 3.28. The lowest BCUT2D eigenvalue weighted by atomic mass is 10.1. The molecule has 0 aliphatic carbocycles. The largest absolute Gasteiger partial charge is 0.322 e. The zero-order chi connectivity index (χ0) is 17.4. The minimum absolute atomic E-state index is 0.111. The molecule has 2 aromatic rings. The Balaban J connectivity index is 2.40. The molecule has 0 saturated heterocycles. The number of anilines is 1. The molecule has 0 spiro atoms. The molecule has 0 bridgehead atoms. The van der Waals surface area contributed by atoms with Gasteiger partial charge in [-0.25, -0.2) is 17.9 Å². The van der Waals surface area contributed by atoms with E-state index in [0.717, 1.165) is 6.07 Å². The molecule has 0 aliphatic rings. The van der Waals surface area contributed by atoms with Gasteiger partial charge in [0.15, 0.2) is 0 Å². The van der Waals surface area contributed by atoms with E-state index in [9.17, 15) is 17.6 Å². The van der Waals surface area contributed by atoms with Gasteiger partial charge < -0.3 is 5.32 Å². The van der Waals surface area contributed by atoms with Crippen molar-refractivity contribution in [3.05, 3.63) is 57.9 Å². The maximum Gasteiger partial charge on any atom is 0.255 e. The Morgan fingerprint density at radius 2 is 1.87 bits per heavy atom. The number of primary sulfonamides is 1. The molecular formula is C15H14ClFN2O3S. The lowest BCUT2D eigenvalue weighted by molar-refractivity contribution is 0.102. The van der Waals surface area contributed by atoms with E-state index in [4.69, 9.17) is 16.7 Å². The Kier molecular flexibility index (Phi) is 4.74.